The quantitative estimate of drug-likeness (QED) is 0.900. The summed E-state index contributed by atoms with van der Waals surface area (Å²) in [4.78, 5) is 21.3. The van der Waals surface area contributed by atoms with Gasteiger partial charge in [0, 0.05) is 18.1 Å². The van der Waals surface area contributed by atoms with E-state index >= 15 is 0 Å². The zero-order valence-electron chi connectivity index (χ0n) is 14.7. The molecule has 0 saturated carbocycles. The topological polar surface area (TPSA) is 58.1 Å². The first-order valence-corrected chi connectivity index (χ1v) is 8.10. The highest BCUT2D eigenvalue weighted by atomic mass is 35.5. The summed E-state index contributed by atoms with van der Waals surface area (Å²) >= 11 is 5.52. The van der Waals surface area contributed by atoms with E-state index in [0.717, 1.165) is 6.54 Å². The summed E-state index contributed by atoms with van der Waals surface area (Å²) in [5, 5.41) is 2.97. The molecule has 0 aliphatic carbocycles. The highest BCUT2D eigenvalue weighted by molar-refractivity contribution is 6.29. The Balaban J connectivity index is 0.000000433. The van der Waals surface area contributed by atoms with Gasteiger partial charge in [-0.2, -0.15) is 0 Å². The van der Waals surface area contributed by atoms with Gasteiger partial charge in [-0.1, -0.05) is 18.5 Å². The molecule has 1 N–H and O–H groups in total. The van der Waals surface area contributed by atoms with Crippen molar-refractivity contribution in [2.45, 2.75) is 66.6 Å². The summed E-state index contributed by atoms with van der Waals surface area (Å²) in [6.45, 7) is 16.1. The Hall–Kier alpha value is -1.20. The smallest absolute Gasteiger partial charge is 0.271 e. The summed E-state index contributed by atoms with van der Waals surface area (Å²) in [5.41, 5.74) is 0.276. The van der Waals surface area contributed by atoms with Crippen LogP contribution in [0.3, 0.4) is 0 Å². The van der Waals surface area contributed by atoms with Crippen molar-refractivity contribution in [2.24, 2.45) is 0 Å². The maximum Gasteiger partial charge on any atom is 0.271 e. The van der Waals surface area contributed by atoms with E-state index in [1.807, 2.05) is 13.8 Å². The Labute approximate surface area is 139 Å². The fourth-order valence-electron chi connectivity index (χ4n) is 2.09. The van der Waals surface area contributed by atoms with Crippen LogP contribution in [0.2, 0.25) is 5.15 Å². The second-order valence-electron chi connectivity index (χ2n) is 5.87. The molecule has 6 heteroatoms. The highest BCUT2D eigenvalue weighted by Crippen LogP contribution is 2.02. The molecule has 1 heterocycles. The molecule has 0 aromatic carbocycles. The van der Waals surface area contributed by atoms with Crippen molar-refractivity contribution in [2.75, 3.05) is 6.54 Å². The maximum absolute atomic E-state index is 11.3. The SMILES string of the molecule is CC(C)NC(=O)c1cnc(Cl)cn1.CCN(C(C)C)C(C)C. The number of carbonyl (C=O) groups excluding carboxylic acids is 1. The average Bonchev–Trinajstić information content (AvgIpc) is 2.39. The van der Waals surface area contributed by atoms with Crippen molar-refractivity contribution in [3.8, 4) is 0 Å². The van der Waals surface area contributed by atoms with E-state index < -0.39 is 0 Å². The van der Waals surface area contributed by atoms with E-state index in [2.05, 4.69) is 54.8 Å². The van der Waals surface area contributed by atoms with Gasteiger partial charge in [-0.25, -0.2) is 9.97 Å². The third kappa shape index (κ3) is 8.29. The molecule has 126 valence electrons. The minimum absolute atomic E-state index is 0.0879. The number of nitrogens with zero attached hydrogens (tertiary/aromatic N) is 3. The molecule has 0 fully saturated rings. The summed E-state index contributed by atoms with van der Waals surface area (Å²) in [7, 11) is 0. The zero-order chi connectivity index (χ0) is 17.3. The van der Waals surface area contributed by atoms with Crippen LogP contribution in [-0.4, -0.2) is 45.4 Å². The predicted molar refractivity (Wildman–Crippen MR) is 92.3 cm³/mol. The molecule has 22 heavy (non-hydrogen) atoms. The molecule has 0 radical (unpaired) electrons. The Morgan fingerprint density at radius 3 is 1.95 bits per heavy atom. The second kappa shape index (κ2) is 10.5. The van der Waals surface area contributed by atoms with Crippen LogP contribution in [-0.2, 0) is 0 Å². The number of nitrogens with one attached hydrogen (secondary N) is 1. The molecular formula is C16H29ClN4O. The van der Waals surface area contributed by atoms with Crippen LogP contribution in [0.15, 0.2) is 12.4 Å². The van der Waals surface area contributed by atoms with Gasteiger partial charge in [-0.3, -0.25) is 9.69 Å². The summed E-state index contributed by atoms with van der Waals surface area (Å²) in [5.74, 6) is -0.237. The lowest BCUT2D eigenvalue weighted by molar-refractivity contribution is 0.0937. The van der Waals surface area contributed by atoms with E-state index in [-0.39, 0.29) is 22.8 Å². The summed E-state index contributed by atoms with van der Waals surface area (Å²) in [6, 6.07) is 1.47. The van der Waals surface area contributed by atoms with E-state index in [4.69, 9.17) is 11.6 Å². The van der Waals surface area contributed by atoms with Crippen molar-refractivity contribution >= 4 is 17.5 Å². The third-order valence-corrected chi connectivity index (χ3v) is 3.16. The van der Waals surface area contributed by atoms with Crippen LogP contribution < -0.4 is 5.32 Å². The fraction of sp³-hybridized carbons (Fsp3) is 0.688. The molecule has 1 amide bonds. The lowest BCUT2D eigenvalue weighted by Gasteiger charge is -2.28. The first-order valence-electron chi connectivity index (χ1n) is 7.73. The predicted octanol–water partition coefficient (Wildman–Crippen LogP) is 3.39. The van der Waals surface area contributed by atoms with Gasteiger partial charge in [-0.05, 0) is 48.1 Å². The second-order valence-corrected chi connectivity index (χ2v) is 6.26. The first kappa shape index (κ1) is 20.8. The van der Waals surface area contributed by atoms with Crippen molar-refractivity contribution in [3.63, 3.8) is 0 Å². The third-order valence-electron chi connectivity index (χ3n) is 2.96. The minimum atomic E-state index is -0.237. The molecule has 1 aromatic heterocycles. The van der Waals surface area contributed by atoms with Gasteiger partial charge in [0.25, 0.3) is 5.91 Å². The largest absolute Gasteiger partial charge is 0.348 e. The van der Waals surface area contributed by atoms with Crippen LogP contribution in [0, 0.1) is 0 Å². The Morgan fingerprint density at radius 2 is 1.68 bits per heavy atom. The van der Waals surface area contributed by atoms with Crippen LogP contribution in [0.1, 0.15) is 59.0 Å². The molecule has 0 unspecified atom stereocenters. The van der Waals surface area contributed by atoms with Crippen molar-refractivity contribution in [1.29, 1.82) is 0 Å². The number of aromatic nitrogens is 2. The number of amides is 1. The molecule has 0 spiro atoms. The zero-order valence-corrected chi connectivity index (χ0v) is 15.5. The van der Waals surface area contributed by atoms with Gasteiger partial charge in [-0.15, -0.1) is 0 Å². The lowest BCUT2D eigenvalue weighted by atomic mass is 10.2. The number of rotatable bonds is 5. The van der Waals surface area contributed by atoms with Gasteiger partial charge in [0.05, 0.1) is 12.4 Å². The molecule has 0 bridgehead atoms. The van der Waals surface area contributed by atoms with Crippen molar-refractivity contribution in [1.82, 2.24) is 20.2 Å². The normalized spacial score (nSPS) is 10.9. The lowest BCUT2D eigenvalue weighted by Crippen LogP contribution is -2.36. The number of halogens is 1. The van der Waals surface area contributed by atoms with E-state index in [0.29, 0.717) is 12.1 Å². The van der Waals surface area contributed by atoms with Crippen LogP contribution in [0.5, 0.6) is 0 Å². The number of hydrogen-bond acceptors (Lipinski definition) is 4. The fourth-order valence-corrected chi connectivity index (χ4v) is 2.19. The molecule has 0 aliphatic rings. The van der Waals surface area contributed by atoms with Gasteiger partial charge < -0.3 is 5.32 Å². The number of carbonyl (C=O) groups is 1. The van der Waals surface area contributed by atoms with Crippen LogP contribution in [0.4, 0.5) is 0 Å². The molecule has 5 nitrogen and oxygen atoms in total. The maximum atomic E-state index is 11.3. The van der Waals surface area contributed by atoms with Gasteiger partial charge in [0.1, 0.15) is 10.8 Å². The Kier molecular flexibility index (Phi) is 9.94. The Bertz CT molecular complexity index is 424. The standard InChI is InChI=1S/C8H10ClN3O.C8H19N/c1-5(2)12-8(13)6-3-11-7(9)4-10-6;1-6-9(7(2)3)8(4)5/h3-5H,1-2H3,(H,12,13);7-8H,6H2,1-5H3. The molecule has 1 rings (SSSR count). The van der Waals surface area contributed by atoms with Crippen LogP contribution in [0.25, 0.3) is 0 Å². The van der Waals surface area contributed by atoms with Crippen molar-refractivity contribution in [3.05, 3.63) is 23.2 Å². The van der Waals surface area contributed by atoms with E-state index in [1.54, 1.807) is 0 Å². The number of hydrogen-bond donors (Lipinski definition) is 1. The minimum Gasteiger partial charge on any atom is -0.348 e. The monoisotopic (exact) mass is 328 g/mol. The van der Waals surface area contributed by atoms with Gasteiger partial charge in [0.15, 0.2) is 0 Å². The van der Waals surface area contributed by atoms with Crippen LogP contribution >= 0.6 is 11.6 Å². The van der Waals surface area contributed by atoms with E-state index in [1.165, 1.54) is 12.4 Å². The molecule has 0 aliphatic heterocycles. The van der Waals surface area contributed by atoms with Crippen molar-refractivity contribution < 1.29 is 4.79 Å². The molecule has 0 atom stereocenters. The van der Waals surface area contributed by atoms with E-state index in [9.17, 15) is 4.79 Å². The average molecular weight is 329 g/mol. The Morgan fingerprint density at radius 1 is 1.14 bits per heavy atom. The molecule has 0 saturated heterocycles. The van der Waals surface area contributed by atoms with Gasteiger partial charge >= 0.3 is 0 Å². The molecular weight excluding hydrogens is 300 g/mol. The highest BCUT2D eigenvalue weighted by Gasteiger charge is 2.09. The first-order chi connectivity index (χ1) is 10.2. The summed E-state index contributed by atoms with van der Waals surface area (Å²) < 4.78 is 0. The van der Waals surface area contributed by atoms with Gasteiger partial charge in [0.2, 0.25) is 0 Å². The summed E-state index contributed by atoms with van der Waals surface area (Å²) in [6.07, 6.45) is 2.69. The molecule has 1 aromatic rings.